The lowest BCUT2D eigenvalue weighted by atomic mass is 10.1. The average molecular weight is 240 g/mol. The van der Waals surface area contributed by atoms with Crippen LogP contribution in [0.1, 0.15) is 39.4 Å². The standard InChI is InChI=1S/C12H24N4O/c1-8(2)16-11(10(13)9(3)14-16)15(6)7-12(4,5)17/h8,17H,7,13H2,1-6H3. The molecule has 0 atom stereocenters. The number of hydrogen-bond donors (Lipinski definition) is 2. The molecule has 1 rings (SSSR count). The SMILES string of the molecule is Cc1nn(C(C)C)c(N(C)CC(C)(C)O)c1N. The lowest BCUT2D eigenvalue weighted by molar-refractivity contribution is 0.0882. The van der Waals surface area contributed by atoms with Crippen molar-refractivity contribution in [2.75, 3.05) is 24.2 Å². The minimum Gasteiger partial charge on any atom is -0.394 e. The summed E-state index contributed by atoms with van der Waals surface area (Å²) in [5, 5.41) is 14.3. The smallest absolute Gasteiger partial charge is 0.150 e. The van der Waals surface area contributed by atoms with Crippen molar-refractivity contribution in [3.05, 3.63) is 5.69 Å². The Morgan fingerprint density at radius 3 is 2.41 bits per heavy atom. The molecule has 0 saturated heterocycles. The van der Waals surface area contributed by atoms with Gasteiger partial charge in [0.2, 0.25) is 0 Å². The summed E-state index contributed by atoms with van der Waals surface area (Å²) in [5.41, 5.74) is 6.81. The van der Waals surface area contributed by atoms with Crippen molar-refractivity contribution >= 4 is 11.5 Å². The van der Waals surface area contributed by atoms with Crippen LogP contribution in [-0.2, 0) is 0 Å². The third kappa shape index (κ3) is 3.12. The Labute approximate surface area is 103 Å². The fourth-order valence-corrected chi connectivity index (χ4v) is 1.94. The fourth-order valence-electron chi connectivity index (χ4n) is 1.94. The third-order valence-corrected chi connectivity index (χ3v) is 2.58. The van der Waals surface area contributed by atoms with Gasteiger partial charge in [-0.2, -0.15) is 5.10 Å². The minimum atomic E-state index is -0.763. The van der Waals surface area contributed by atoms with Gasteiger partial charge in [-0.25, -0.2) is 4.68 Å². The summed E-state index contributed by atoms with van der Waals surface area (Å²) in [6.45, 7) is 10.1. The highest BCUT2D eigenvalue weighted by atomic mass is 16.3. The first-order valence-electron chi connectivity index (χ1n) is 5.91. The van der Waals surface area contributed by atoms with Gasteiger partial charge in [-0.05, 0) is 34.6 Å². The first-order chi connectivity index (χ1) is 7.63. The number of hydrogen-bond acceptors (Lipinski definition) is 4. The first-order valence-corrected chi connectivity index (χ1v) is 5.91. The molecular formula is C12H24N4O. The summed E-state index contributed by atoms with van der Waals surface area (Å²) in [6.07, 6.45) is 0. The molecule has 0 fully saturated rings. The van der Waals surface area contributed by atoms with Crippen LogP contribution in [-0.4, -0.2) is 34.1 Å². The molecule has 1 heterocycles. The summed E-state index contributed by atoms with van der Waals surface area (Å²) in [6, 6.07) is 0.241. The highest BCUT2D eigenvalue weighted by molar-refractivity contribution is 5.66. The van der Waals surface area contributed by atoms with Gasteiger partial charge in [0.15, 0.2) is 5.82 Å². The molecule has 5 nitrogen and oxygen atoms in total. The monoisotopic (exact) mass is 240 g/mol. The van der Waals surface area contributed by atoms with Gasteiger partial charge in [0.1, 0.15) is 0 Å². The van der Waals surface area contributed by atoms with Crippen LogP contribution in [0, 0.1) is 6.92 Å². The zero-order chi connectivity index (χ0) is 13.4. The van der Waals surface area contributed by atoms with Gasteiger partial charge in [-0.15, -0.1) is 0 Å². The van der Waals surface area contributed by atoms with Gasteiger partial charge in [-0.1, -0.05) is 0 Å². The van der Waals surface area contributed by atoms with E-state index in [1.54, 1.807) is 13.8 Å². The molecule has 1 aromatic heterocycles. The maximum absolute atomic E-state index is 9.86. The molecule has 17 heavy (non-hydrogen) atoms. The largest absolute Gasteiger partial charge is 0.394 e. The maximum atomic E-state index is 9.86. The van der Waals surface area contributed by atoms with Crippen molar-refractivity contribution in [2.24, 2.45) is 0 Å². The van der Waals surface area contributed by atoms with Gasteiger partial charge in [0.05, 0.1) is 17.0 Å². The number of nitrogen functional groups attached to an aromatic ring is 1. The molecule has 98 valence electrons. The van der Waals surface area contributed by atoms with Gasteiger partial charge in [-0.3, -0.25) is 0 Å². The van der Waals surface area contributed by atoms with E-state index < -0.39 is 5.60 Å². The van der Waals surface area contributed by atoms with Crippen molar-refractivity contribution in [3.63, 3.8) is 0 Å². The Kier molecular flexibility index (Phi) is 3.71. The zero-order valence-electron chi connectivity index (χ0n) is 11.7. The molecule has 1 aromatic rings. The highest BCUT2D eigenvalue weighted by Crippen LogP contribution is 2.29. The molecule has 3 N–H and O–H groups in total. The van der Waals surface area contributed by atoms with Crippen LogP contribution in [0.25, 0.3) is 0 Å². The highest BCUT2D eigenvalue weighted by Gasteiger charge is 2.22. The molecule has 0 radical (unpaired) electrons. The van der Waals surface area contributed by atoms with E-state index in [4.69, 9.17) is 5.73 Å². The number of aromatic nitrogens is 2. The summed E-state index contributed by atoms with van der Waals surface area (Å²) >= 11 is 0. The molecule has 0 unspecified atom stereocenters. The van der Waals surface area contributed by atoms with Crippen LogP contribution < -0.4 is 10.6 Å². The Morgan fingerprint density at radius 2 is 2.00 bits per heavy atom. The Morgan fingerprint density at radius 1 is 1.47 bits per heavy atom. The van der Waals surface area contributed by atoms with E-state index in [1.807, 2.05) is 23.6 Å². The number of nitrogens with zero attached hydrogens (tertiary/aromatic N) is 3. The van der Waals surface area contributed by atoms with Crippen LogP contribution in [0.5, 0.6) is 0 Å². The van der Waals surface area contributed by atoms with Gasteiger partial charge < -0.3 is 15.7 Å². The maximum Gasteiger partial charge on any atom is 0.150 e. The molecule has 0 amide bonds. The number of aryl methyl sites for hydroxylation is 1. The first kappa shape index (κ1) is 13.8. The normalized spacial score (nSPS) is 12.2. The minimum absolute atomic E-state index is 0.241. The second-order valence-corrected chi connectivity index (χ2v) is 5.53. The summed E-state index contributed by atoms with van der Waals surface area (Å²) in [4.78, 5) is 1.95. The van der Waals surface area contributed by atoms with Gasteiger partial charge in [0.25, 0.3) is 0 Å². The lowest BCUT2D eigenvalue weighted by Gasteiger charge is -2.28. The van der Waals surface area contributed by atoms with Crippen LogP contribution in [0.2, 0.25) is 0 Å². The molecular weight excluding hydrogens is 216 g/mol. The topological polar surface area (TPSA) is 67.3 Å². The Balaban J connectivity index is 3.11. The molecule has 0 saturated carbocycles. The van der Waals surface area contributed by atoms with Crippen LogP contribution >= 0.6 is 0 Å². The number of likely N-dealkylation sites (N-methyl/N-ethyl adjacent to an activating group) is 1. The zero-order valence-corrected chi connectivity index (χ0v) is 11.7. The second kappa shape index (κ2) is 4.56. The molecule has 0 aliphatic carbocycles. The summed E-state index contributed by atoms with van der Waals surface area (Å²) < 4.78 is 1.90. The quantitative estimate of drug-likeness (QED) is 0.838. The molecule has 5 heteroatoms. The molecule has 0 aliphatic rings. The Hall–Kier alpha value is -1.23. The average Bonchev–Trinajstić information content (AvgIpc) is 2.40. The predicted molar refractivity (Wildman–Crippen MR) is 71.3 cm³/mol. The van der Waals surface area contributed by atoms with Crippen molar-refractivity contribution in [2.45, 2.75) is 46.3 Å². The van der Waals surface area contributed by atoms with Crippen molar-refractivity contribution in [3.8, 4) is 0 Å². The molecule has 0 aliphatic heterocycles. The Bertz CT molecular complexity index is 390. The van der Waals surface area contributed by atoms with Gasteiger partial charge in [0, 0.05) is 19.6 Å². The number of nitrogens with two attached hydrogens (primary N) is 1. The van der Waals surface area contributed by atoms with Crippen LogP contribution in [0.15, 0.2) is 0 Å². The molecule has 0 spiro atoms. The molecule has 0 bridgehead atoms. The third-order valence-electron chi connectivity index (χ3n) is 2.58. The van der Waals surface area contributed by atoms with E-state index in [1.165, 1.54) is 0 Å². The number of rotatable bonds is 4. The van der Waals surface area contributed by atoms with E-state index in [0.29, 0.717) is 12.2 Å². The molecule has 0 aromatic carbocycles. The number of anilines is 2. The van der Waals surface area contributed by atoms with E-state index >= 15 is 0 Å². The van der Waals surface area contributed by atoms with E-state index in [2.05, 4.69) is 18.9 Å². The van der Waals surface area contributed by atoms with Crippen molar-refractivity contribution < 1.29 is 5.11 Å². The summed E-state index contributed by atoms with van der Waals surface area (Å²) in [7, 11) is 1.92. The van der Waals surface area contributed by atoms with E-state index in [-0.39, 0.29) is 6.04 Å². The second-order valence-electron chi connectivity index (χ2n) is 5.53. The predicted octanol–water partition coefficient (Wildman–Crippen LogP) is 1.56. The van der Waals surface area contributed by atoms with Crippen molar-refractivity contribution in [1.29, 1.82) is 0 Å². The fraction of sp³-hybridized carbons (Fsp3) is 0.750. The number of aliphatic hydroxyl groups is 1. The van der Waals surface area contributed by atoms with Crippen LogP contribution in [0.3, 0.4) is 0 Å². The summed E-state index contributed by atoms with van der Waals surface area (Å²) in [5.74, 6) is 0.875. The van der Waals surface area contributed by atoms with Gasteiger partial charge >= 0.3 is 0 Å². The lowest BCUT2D eigenvalue weighted by Crippen LogP contribution is -2.37. The van der Waals surface area contributed by atoms with E-state index in [0.717, 1.165) is 11.5 Å². The van der Waals surface area contributed by atoms with Crippen LogP contribution in [0.4, 0.5) is 11.5 Å². The van der Waals surface area contributed by atoms with Crippen molar-refractivity contribution in [1.82, 2.24) is 9.78 Å². The van der Waals surface area contributed by atoms with E-state index in [9.17, 15) is 5.11 Å².